The first-order chi connectivity index (χ1) is 12.1. The number of aromatic nitrogens is 2. The van der Waals surface area contributed by atoms with Gasteiger partial charge < -0.3 is 19.0 Å². The highest BCUT2D eigenvalue weighted by Crippen LogP contribution is 2.34. The molecule has 0 aliphatic carbocycles. The van der Waals surface area contributed by atoms with Crippen molar-refractivity contribution < 1.29 is 23.8 Å². The molecule has 1 N–H and O–H groups in total. The lowest BCUT2D eigenvalue weighted by Crippen LogP contribution is -1.93. The van der Waals surface area contributed by atoms with Gasteiger partial charge >= 0.3 is 0 Å². The third-order valence-electron chi connectivity index (χ3n) is 3.35. The number of methoxy groups -OCH3 is 2. The number of benzene rings is 2. The summed E-state index contributed by atoms with van der Waals surface area (Å²) in [6.07, 6.45) is 0. The molecule has 1 aromatic heterocycles. The number of phenols is 1. The zero-order valence-electron chi connectivity index (χ0n) is 13.4. The molecule has 0 aliphatic heterocycles. The SMILES string of the molecule is COc1ccc(-c2nnc(SC(=O)c3ccccc3O)o2)c(OC)c1. The van der Waals surface area contributed by atoms with E-state index in [1.54, 1.807) is 37.4 Å². The summed E-state index contributed by atoms with van der Waals surface area (Å²) in [6, 6.07) is 11.4. The van der Waals surface area contributed by atoms with E-state index in [2.05, 4.69) is 10.2 Å². The van der Waals surface area contributed by atoms with Crippen LogP contribution in [0.15, 0.2) is 52.1 Å². The van der Waals surface area contributed by atoms with Crippen LogP contribution in [0.3, 0.4) is 0 Å². The Bertz CT molecular complexity index is 910. The normalized spacial score (nSPS) is 10.5. The van der Waals surface area contributed by atoms with Crippen molar-refractivity contribution in [2.75, 3.05) is 14.2 Å². The fourth-order valence-electron chi connectivity index (χ4n) is 2.12. The molecule has 0 bridgehead atoms. The number of carbonyl (C=O) groups is 1. The molecule has 0 aliphatic rings. The van der Waals surface area contributed by atoms with Gasteiger partial charge in [-0.15, -0.1) is 10.2 Å². The predicted octanol–water partition coefficient (Wildman–Crippen LogP) is 3.39. The Morgan fingerprint density at radius 1 is 1.12 bits per heavy atom. The minimum Gasteiger partial charge on any atom is -0.507 e. The summed E-state index contributed by atoms with van der Waals surface area (Å²) < 4.78 is 16.0. The van der Waals surface area contributed by atoms with E-state index in [-0.39, 0.29) is 22.4 Å². The largest absolute Gasteiger partial charge is 0.507 e. The molecule has 7 nitrogen and oxygen atoms in total. The summed E-state index contributed by atoms with van der Waals surface area (Å²) >= 11 is 0.743. The molecule has 1 heterocycles. The van der Waals surface area contributed by atoms with E-state index >= 15 is 0 Å². The second-order valence-corrected chi connectivity index (χ2v) is 5.77. The average Bonchev–Trinajstić information content (AvgIpc) is 3.09. The Hall–Kier alpha value is -3.00. The Morgan fingerprint density at radius 2 is 1.92 bits per heavy atom. The van der Waals surface area contributed by atoms with Crippen LogP contribution in [-0.4, -0.2) is 34.6 Å². The van der Waals surface area contributed by atoms with Crippen LogP contribution in [-0.2, 0) is 0 Å². The van der Waals surface area contributed by atoms with E-state index < -0.39 is 5.12 Å². The van der Waals surface area contributed by atoms with Gasteiger partial charge in [0.25, 0.3) is 11.1 Å². The lowest BCUT2D eigenvalue weighted by atomic mass is 10.2. The Balaban J connectivity index is 1.84. The third kappa shape index (κ3) is 3.58. The molecule has 0 unspecified atom stereocenters. The molecular formula is C17H14N2O5S. The van der Waals surface area contributed by atoms with Crippen molar-refractivity contribution >= 4 is 16.9 Å². The minimum atomic E-state index is -0.394. The van der Waals surface area contributed by atoms with Gasteiger partial charge in [0, 0.05) is 17.8 Å². The molecule has 0 spiro atoms. The number of hydrogen-bond donors (Lipinski definition) is 1. The van der Waals surface area contributed by atoms with E-state index in [9.17, 15) is 9.90 Å². The monoisotopic (exact) mass is 358 g/mol. The highest BCUT2D eigenvalue weighted by Gasteiger charge is 2.19. The van der Waals surface area contributed by atoms with E-state index in [0.717, 1.165) is 11.8 Å². The van der Waals surface area contributed by atoms with E-state index in [1.807, 2.05) is 0 Å². The summed E-state index contributed by atoms with van der Waals surface area (Å²) in [5, 5.41) is 17.2. The van der Waals surface area contributed by atoms with Gasteiger partial charge in [-0.1, -0.05) is 12.1 Å². The number of para-hydroxylation sites is 1. The molecule has 2 aromatic carbocycles. The van der Waals surface area contributed by atoms with E-state index in [4.69, 9.17) is 13.9 Å². The number of carbonyl (C=O) groups excluding carboxylic acids is 1. The zero-order chi connectivity index (χ0) is 17.8. The fourth-order valence-corrected chi connectivity index (χ4v) is 2.76. The lowest BCUT2D eigenvalue weighted by molar-refractivity contribution is 0.108. The number of aromatic hydroxyl groups is 1. The van der Waals surface area contributed by atoms with E-state index in [0.29, 0.717) is 17.1 Å². The van der Waals surface area contributed by atoms with Gasteiger partial charge in [0.1, 0.15) is 17.2 Å². The van der Waals surface area contributed by atoms with Gasteiger partial charge in [0.05, 0.1) is 25.3 Å². The Kier molecular flexibility index (Phi) is 4.90. The zero-order valence-corrected chi connectivity index (χ0v) is 14.2. The molecule has 0 fully saturated rings. The maximum absolute atomic E-state index is 12.2. The third-order valence-corrected chi connectivity index (χ3v) is 4.09. The first-order valence-electron chi connectivity index (χ1n) is 7.18. The lowest BCUT2D eigenvalue weighted by Gasteiger charge is -2.07. The first-order valence-corrected chi connectivity index (χ1v) is 8.00. The van der Waals surface area contributed by atoms with Crippen molar-refractivity contribution in [2.45, 2.75) is 5.22 Å². The maximum Gasteiger partial charge on any atom is 0.284 e. The number of hydrogen-bond acceptors (Lipinski definition) is 8. The smallest absolute Gasteiger partial charge is 0.284 e. The van der Waals surface area contributed by atoms with Crippen molar-refractivity contribution in [3.63, 3.8) is 0 Å². The molecule has 3 aromatic rings. The molecule has 25 heavy (non-hydrogen) atoms. The fraction of sp³-hybridized carbons (Fsp3) is 0.118. The maximum atomic E-state index is 12.2. The molecule has 0 saturated carbocycles. The molecule has 0 saturated heterocycles. The summed E-state index contributed by atoms with van der Waals surface area (Å²) in [4.78, 5) is 12.2. The highest BCUT2D eigenvalue weighted by atomic mass is 32.2. The van der Waals surface area contributed by atoms with Crippen molar-refractivity contribution in [2.24, 2.45) is 0 Å². The van der Waals surface area contributed by atoms with Crippen LogP contribution in [0.2, 0.25) is 0 Å². The van der Waals surface area contributed by atoms with Crippen LogP contribution in [0.5, 0.6) is 17.2 Å². The molecule has 0 radical (unpaired) electrons. The highest BCUT2D eigenvalue weighted by molar-refractivity contribution is 8.14. The molecule has 3 rings (SSSR count). The minimum absolute atomic E-state index is 0.0705. The number of nitrogens with zero attached hydrogens (tertiary/aromatic N) is 2. The molecule has 8 heteroatoms. The molecule has 0 amide bonds. The predicted molar refractivity (Wildman–Crippen MR) is 91.1 cm³/mol. The van der Waals surface area contributed by atoms with Crippen LogP contribution in [0.4, 0.5) is 0 Å². The number of ether oxygens (including phenoxy) is 2. The quantitative estimate of drug-likeness (QED) is 0.694. The average molecular weight is 358 g/mol. The number of rotatable bonds is 5. The van der Waals surface area contributed by atoms with Gasteiger partial charge in [-0.05, 0) is 24.3 Å². The number of phenolic OH excluding ortho intramolecular Hbond substituents is 1. The summed E-state index contributed by atoms with van der Waals surface area (Å²) in [5.74, 6) is 1.25. The van der Waals surface area contributed by atoms with Crippen molar-refractivity contribution in [1.82, 2.24) is 10.2 Å². The van der Waals surface area contributed by atoms with Gasteiger partial charge in [-0.2, -0.15) is 0 Å². The van der Waals surface area contributed by atoms with Crippen molar-refractivity contribution in [1.29, 1.82) is 0 Å². The molecular weight excluding hydrogens is 344 g/mol. The number of thioether (sulfide) groups is 1. The van der Waals surface area contributed by atoms with E-state index in [1.165, 1.54) is 19.2 Å². The summed E-state index contributed by atoms with van der Waals surface area (Å²) in [7, 11) is 3.08. The van der Waals surface area contributed by atoms with Gasteiger partial charge in [-0.3, -0.25) is 4.79 Å². The molecule has 0 atom stereocenters. The van der Waals surface area contributed by atoms with Gasteiger partial charge in [0.2, 0.25) is 5.12 Å². The van der Waals surface area contributed by atoms with Gasteiger partial charge in [-0.25, -0.2) is 0 Å². The summed E-state index contributed by atoms with van der Waals surface area (Å²) in [6.45, 7) is 0. The van der Waals surface area contributed by atoms with Crippen LogP contribution in [0.1, 0.15) is 10.4 Å². The second-order valence-electron chi connectivity index (χ2n) is 4.85. The van der Waals surface area contributed by atoms with Crippen LogP contribution in [0, 0.1) is 0 Å². The second kappa shape index (κ2) is 7.27. The Labute approximate surface area is 147 Å². The van der Waals surface area contributed by atoms with Crippen molar-refractivity contribution in [3.8, 4) is 28.7 Å². The van der Waals surface area contributed by atoms with Crippen LogP contribution < -0.4 is 9.47 Å². The first kappa shape index (κ1) is 16.8. The van der Waals surface area contributed by atoms with Gasteiger partial charge in [0.15, 0.2) is 0 Å². The standard InChI is InChI=1S/C17H14N2O5S/c1-22-10-7-8-12(14(9-10)23-2)15-18-19-17(24-15)25-16(21)11-5-3-4-6-13(11)20/h3-9,20H,1-2H3. The molecule has 128 valence electrons. The van der Waals surface area contributed by atoms with Crippen molar-refractivity contribution in [3.05, 3.63) is 48.0 Å². The van der Waals surface area contributed by atoms with Crippen LogP contribution >= 0.6 is 11.8 Å². The van der Waals surface area contributed by atoms with Crippen LogP contribution in [0.25, 0.3) is 11.5 Å². The Morgan fingerprint density at radius 3 is 2.64 bits per heavy atom. The summed E-state index contributed by atoms with van der Waals surface area (Å²) in [5.41, 5.74) is 0.756. The topological polar surface area (TPSA) is 94.7 Å².